The maximum Gasteiger partial charge on any atom is 0.305 e. The first-order valence-electron chi connectivity index (χ1n) is 9.39. The smallest absolute Gasteiger partial charge is 0.305 e. The molecule has 0 aliphatic rings. The van der Waals surface area contributed by atoms with Crippen molar-refractivity contribution in [1.82, 2.24) is 20.3 Å². The van der Waals surface area contributed by atoms with E-state index in [-0.39, 0.29) is 12.3 Å². The quantitative estimate of drug-likeness (QED) is 0.622. The van der Waals surface area contributed by atoms with Crippen LogP contribution in [0.5, 0.6) is 0 Å². The Labute approximate surface area is 174 Å². The van der Waals surface area contributed by atoms with Crippen molar-refractivity contribution in [1.29, 1.82) is 0 Å². The number of aliphatic carboxylic acids is 1. The highest BCUT2D eigenvalue weighted by atomic mass is 16.4. The third-order valence-electron chi connectivity index (χ3n) is 4.60. The molecule has 3 rings (SSSR count). The third kappa shape index (κ3) is 4.96. The van der Waals surface area contributed by atoms with Gasteiger partial charge in [-0.1, -0.05) is 24.3 Å². The lowest BCUT2D eigenvalue weighted by molar-refractivity contribution is -0.137. The summed E-state index contributed by atoms with van der Waals surface area (Å²) >= 11 is 0. The number of aryl methyl sites for hydroxylation is 1. The van der Waals surface area contributed by atoms with Crippen molar-refractivity contribution >= 4 is 17.8 Å². The molecule has 0 saturated carbocycles. The van der Waals surface area contributed by atoms with Crippen molar-refractivity contribution in [2.75, 3.05) is 19.0 Å². The van der Waals surface area contributed by atoms with Crippen molar-refractivity contribution in [2.24, 2.45) is 0 Å². The van der Waals surface area contributed by atoms with Gasteiger partial charge in [-0.15, -0.1) is 0 Å². The van der Waals surface area contributed by atoms with Crippen LogP contribution in [0.25, 0.3) is 11.3 Å². The highest BCUT2D eigenvalue weighted by Gasteiger charge is 2.20. The number of hydrogen-bond donors (Lipinski definition) is 2. The molecule has 30 heavy (non-hydrogen) atoms. The molecule has 8 heteroatoms. The zero-order valence-corrected chi connectivity index (χ0v) is 17.0. The van der Waals surface area contributed by atoms with E-state index in [4.69, 9.17) is 0 Å². The van der Waals surface area contributed by atoms with E-state index in [9.17, 15) is 14.7 Å². The van der Waals surface area contributed by atoms with Gasteiger partial charge in [-0.3, -0.25) is 14.6 Å². The van der Waals surface area contributed by atoms with Crippen molar-refractivity contribution in [3.63, 3.8) is 0 Å². The molecule has 2 heterocycles. The van der Waals surface area contributed by atoms with Gasteiger partial charge in [0.1, 0.15) is 0 Å². The first kappa shape index (κ1) is 20.9. The number of amides is 1. The number of carbonyl (C=O) groups excluding carboxylic acids is 1. The Morgan fingerprint density at radius 2 is 1.80 bits per heavy atom. The lowest BCUT2D eigenvalue weighted by Crippen LogP contribution is -2.30. The van der Waals surface area contributed by atoms with E-state index in [1.165, 1.54) is 6.20 Å². The van der Waals surface area contributed by atoms with Gasteiger partial charge < -0.3 is 15.3 Å². The third-order valence-corrected chi connectivity index (χ3v) is 4.60. The average Bonchev–Trinajstić information content (AvgIpc) is 2.73. The van der Waals surface area contributed by atoms with Crippen molar-refractivity contribution in [3.05, 3.63) is 71.7 Å². The van der Waals surface area contributed by atoms with Crippen LogP contribution in [0.4, 0.5) is 5.95 Å². The SMILES string of the molecule is Cc1ccccc1[C@H](CC(=O)O)NC(=O)c1ccnc(-c2cnc(N(C)C)nc2)c1. The highest BCUT2D eigenvalue weighted by Crippen LogP contribution is 2.22. The molecule has 0 aliphatic heterocycles. The topological polar surface area (TPSA) is 108 Å². The molecular formula is C22H23N5O3. The van der Waals surface area contributed by atoms with Gasteiger partial charge in [-0.25, -0.2) is 9.97 Å². The van der Waals surface area contributed by atoms with Gasteiger partial charge >= 0.3 is 5.97 Å². The van der Waals surface area contributed by atoms with Crippen LogP contribution in [0, 0.1) is 6.92 Å². The number of anilines is 1. The minimum Gasteiger partial charge on any atom is -0.481 e. The lowest BCUT2D eigenvalue weighted by Gasteiger charge is -2.19. The minimum atomic E-state index is -0.989. The molecule has 0 aliphatic carbocycles. The Hall–Kier alpha value is -3.81. The Bertz CT molecular complexity index is 1050. The molecule has 154 valence electrons. The molecular weight excluding hydrogens is 382 g/mol. The van der Waals surface area contributed by atoms with Gasteiger partial charge in [0.05, 0.1) is 18.2 Å². The summed E-state index contributed by atoms with van der Waals surface area (Å²) < 4.78 is 0. The molecule has 3 aromatic rings. The van der Waals surface area contributed by atoms with Crippen LogP contribution < -0.4 is 10.2 Å². The molecule has 2 aromatic heterocycles. The molecule has 0 radical (unpaired) electrons. The normalized spacial score (nSPS) is 11.6. The van der Waals surface area contributed by atoms with E-state index >= 15 is 0 Å². The minimum absolute atomic E-state index is 0.214. The number of hydrogen-bond acceptors (Lipinski definition) is 6. The molecule has 2 N–H and O–H groups in total. The summed E-state index contributed by atoms with van der Waals surface area (Å²) in [6.45, 7) is 1.89. The standard InChI is InChI=1S/C22H23N5O3/c1-14-6-4-5-7-17(14)19(11-20(28)29)26-21(30)15-8-9-23-18(10-15)16-12-24-22(25-13-16)27(2)3/h4-10,12-13,19H,11H2,1-3H3,(H,26,30)(H,28,29)/t19-/m0/s1. The summed E-state index contributed by atoms with van der Waals surface area (Å²) in [6, 6.07) is 9.99. The van der Waals surface area contributed by atoms with Gasteiger partial charge in [-0.2, -0.15) is 0 Å². The Balaban J connectivity index is 1.84. The van der Waals surface area contributed by atoms with E-state index in [1.54, 1.807) is 29.4 Å². The van der Waals surface area contributed by atoms with Crippen molar-refractivity contribution in [2.45, 2.75) is 19.4 Å². The van der Waals surface area contributed by atoms with Crippen LogP contribution in [0.1, 0.15) is 33.9 Å². The molecule has 0 bridgehead atoms. The van der Waals surface area contributed by atoms with E-state index in [1.807, 2.05) is 45.3 Å². The average molecular weight is 405 g/mol. The predicted molar refractivity (Wildman–Crippen MR) is 113 cm³/mol. The molecule has 0 saturated heterocycles. The van der Waals surface area contributed by atoms with E-state index in [0.29, 0.717) is 22.8 Å². The second-order valence-corrected chi connectivity index (χ2v) is 7.08. The second-order valence-electron chi connectivity index (χ2n) is 7.08. The number of pyridine rings is 1. The Morgan fingerprint density at radius 1 is 1.10 bits per heavy atom. The number of nitrogens with zero attached hydrogens (tertiary/aromatic N) is 4. The number of carboxylic acids is 1. The molecule has 1 amide bonds. The summed E-state index contributed by atoms with van der Waals surface area (Å²) in [7, 11) is 3.69. The summed E-state index contributed by atoms with van der Waals surface area (Å²) in [5, 5.41) is 12.1. The number of nitrogens with one attached hydrogen (secondary N) is 1. The molecule has 1 aromatic carbocycles. The number of carbonyl (C=O) groups is 2. The summed E-state index contributed by atoms with van der Waals surface area (Å²) in [4.78, 5) is 38.8. The Kier molecular flexibility index (Phi) is 6.36. The first-order chi connectivity index (χ1) is 14.3. The molecule has 0 unspecified atom stereocenters. The second kappa shape index (κ2) is 9.13. The van der Waals surface area contributed by atoms with Crippen LogP contribution in [0.15, 0.2) is 55.0 Å². The maximum atomic E-state index is 12.9. The summed E-state index contributed by atoms with van der Waals surface area (Å²) in [6.07, 6.45) is 4.61. The Morgan fingerprint density at radius 3 is 2.43 bits per heavy atom. The molecule has 0 spiro atoms. The van der Waals surface area contributed by atoms with Crippen molar-refractivity contribution in [3.8, 4) is 11.3 Å². The summed E-state index contributed by atoms with van der Waals surface area (Å²) in [5.74, 6) is -0.793. The number of benzene rings is 1. The lowest BCUT2D eigenvalue weighted by atomic mass is 9.98. The van der Waals surface area contributed by atoms with Gasteiger partial charge in [0, 0.05) is 43.8 Å². The molecule has 8 nitrogen and oxygen atoms in total. The van der Waals surface area contributed by atoms with Gasteiger partial charge in [0.2, 0.25) is 5.95 Å². The van der Waals surface area contributed by atoms with E-state index in [0.717, 1.165) is 11.1 Å². The van der Waals surface area contributed by atoms with Gasteiger partial charge in [0.15, 0.2) is 0 Å². The first-order valence-corrected chi connectivity index (χ1v) is 9.39. The molecule has 1 atom stereocenters. The fraction of sp³-hybridized carbons (Fsp3) is 0.227. The monoisotopic (exact) mass is 405 g/mol. The van der Waals surface area contributed by atoms with Crippen LogP contribution in [0.3, 0.4) is 0 Å². The van der Waals surface area contributed by atoms with Crippen LogP contribution in [0.2, 0.25) is 0 Å². The van der Waals surface area contributed by atoms with Crippen LogP contribution in [-0.2, 0) is 4.79 Å². The van der Waals surface area contributed by atoms with Crippen LogP contribution in [-0.4, -0.2) is 46.0 Å². The van der Waals surface area contributed by atoms with Crippen LogP contribution >= 0.6 is 0 Å². The zero-order valence-electron chi connectivity index (χ0n) is 17.0. The fourth-order valence-corrected chi connectivity index (χ4v) is 3.05. The number of carboxylic acid groups (broad SMARTS) is 1. The summed E-state index contributed by atoms with van der Waals surface area (Å²) in [5.41, 5.74) is 3.29. The zero-order chi connectivity index (χ0) is 21.7. The number of rotatable bonds is 7. The fourth-order valence-electron chi connectivity index (χ4n) is 3.05. The van der Waals surface area contributed by atoms with Crippen molar-refractivity contribution < 1.29 is 14.7 Å². The predicted octanol–water partition coefficient (Wildman–Crippen LogP) is 2.86. The molecule has 0 fully saturated rings. The van der Waals surface area contributed by atoms with Gasteiger partial charge in [0.25, 0.3) is 5.91 Å². The maximum absolute atomic E-state index is 12.9. The van der Waals surface area contributed by atoms with E-state index in [2.05, 4.69) is 20.3 Å². The largest absolute Gasteiger partial charge is 0.481 e. The van der Waals surface area contributed by atoms with Gasteiger partial charge in [-0.05, 0) is 30.2 Å². The van der Waals surface area contributed by atoms with E-state index < -0.39 is 12.0 Å². The number of aromatic nitrogens is 3. The highest BCUT2D eigenvalue weighted by molar-refractivity contribution is 5.95.